The Kier molecular flexibility index (Phi) is 5.73. The van der Waals surface area contributed by atoms with Crippen molar-refractivity contribution in [3.8, 4) is 11.5 Å². The highest BCUT2D eigenvalue weighted by Crippen LogP contribution is 2.48. The van der Waals surface area contributed by atoms with Gasteiger partial charge in [-0.25, -0.2) is 4.79 Å². The molecule has 6 rings (SSSR count). The summed E-state index contributed by atoms with van der Waals surface area (Å²) in [5, 5.41) is 9.12. The van der Waals surface area contributed by atoms with Crippen LogP contribution in [0.2, 0.25) is 0 Å². The van der Waals surface area contributed by atoms with Crippen molar-refractivity contribution in [2.24, 2.45) is 10.9 Å². The average molecular weight is 497 g/mol. The fourth-order valence-electron chi connectivity index (χ4n) is 5.30. The van der Waals surface area contributed by atoms with Crippen LogP contribution in [0.4, 0.5) is 5.69 Å². The minimum Gasteiger partial charge on any atom is -0.478 e. The highest BCUT2D eigenvalue weighted by atomic mass is 16.7. The molecule has 1 fully saturated rings. The van der Waals surface area contributed by atoms with Crippen LogP contribution in [-0.2, 0) is 9.53 Å². The van der Waals surface area contributed by atoms with Gasteiger partial charge in [0.05, 0.1) is 29.1 Å². The molecule has 3 aliphatic rings. The van der Waals surface area contributed by atoms with E-state index in [0.717, 1.165) is 28.1 Å². The van der Waals surface area contributed by atoms with Crippen LogP contribution in [0.25, 0.3) is 6.08 Å². The third kappa shape index (κ3) is 4.05. The van der Waals surface area contributed by atoms with E-state index in [-0.39, 0.29) is 30.3 Å². The van der Waals surface area contributed by atoms with Crippen molar-refractivity contribution < 1.29 is 28.9 Å². The molecule has 186 valence electrons. The standard InChI is InChI=1S/C29H24N2O6/c1-35-28-20-4-2-3-5-22(20)30-26-21(28)15-31(27(26)19-11-12-23-24(14-19)37-16-36-23)25(32)13-8-17-6-9-18(10-7-17)29(33)34/h2-14,21,27-28H,15-16H2,1H3,(H,33,34). The minimum absolute atomic E-state index is 0.109. The third-order valence-corrected chi connectivity index (χ3v) is 7.05. The Labute approximate surface area is 213 Å². The molecule has 0 aliphatic carbocycles. The summed E-state index contributed by atoms with van der Waals surface area (Å²) in [6, 6.07) is 19.6. The van der Waals surface area contributed by atoms with Gasteiger partial charge in [-0.2, -0.15) is 0 Å². The van der Waals surface area contributed by atoms with Crippen molar-refractivity contribution >= 4 is 29.4 Å². The molecule has 3 heterocycles. The molecule has 0 spiro atoms. The Hall–Kier alpha value is -4.43. The van der Waals surface area contributed by atoms with Crippen molar-refractivity contribution in [1.29, 1.82) is 0 Å². The first kappa shape index (κ1) is 23.0. The number of para-hydroxylation sites is 1. The summed E-state index contributed by atoms with van der Waals surface area (Å²) in [5.74, 6) is 0.0323. The lowest BCUT2D eigenvalue weighted by molar-refractivity contribution is -0.126. The van der Waals surface area contributed by atoms with Crippen molar-refractivity contribution in [3.63, 3.8) is 0 Å². The number of amides is 1. The van der Waals surface area contributed by atoms with E-state index in [1.54, 1.807) is 30.2 Å². The highest BCUT2D eigenvalue weighted by molar-refractivity contribution is 6.04. The number of carbonyl (C=O) groups is 2. The SMILES string of the molecule is COC1c2ccccc2N=C2C1CN(C(=O)C=Cc1ccc(C(=O)O)cc1)C2c1ccc2c(c1)OCO2. The van der Waals surface area contributed by atoms with Crippen LogP contribution in [0.1, 0.15) is 39.2 Å². The van der Waals surface area contributed by atoms with Crippen LogP contribution in [0.3, 0.4) is 0 Å². The van der Waals surface area contributed by atoms with Gasteiger partial charge in [-0.1, -0.05) is 36.4 Å². The van der Waals surface area contributed by atoms with E-state index in [2.05, 4.69) is 0 Å². The molecule has 3 unspecified atom stereocenters. The molecule has 1 N–H and O–H groups in total. The van der Waals surface area contributed by atoms with E-state index in [1.807, 2.05) is 42.5 Å². The molecule has 37 heavy (non-hydrogen) atoms. The number of rotatable bonds is 5. The van der Waals surface area contributed by atoms with Gasteiger partial charge in [-0.15, -0.1) is 0 Å². The molecule has 8 heteroatoms. The van der Waals surface area contributed by atoms with Crippen LogP contribution < -0.4 is 9.47 Å². The van der Waals surface area contributed by atoms with Gasteiger partial charge in [0.15, 0.2) is 11.5 Å². The normalized spacial score (nSPS) is 21.5. The number of benzene rings is 3. The number of ether oxygens (including phenoxy) is 3. The van der Waals surface area contributed by atoms with Gasteiger partial charge in [0, 0.05) is 31.2 Å². The summed E-state index contributed by atoms with van der Waals surface area (Å²) >= 11 is 0. The first-order chi connectivity index (χ1) is 18.0. The smallest absolute Gasteiger partial charge is 0.335 e. The maximum Gasteiger partial charge on any atom is 0.335 e. The Morgan fingerprint density at radius 3 is 2.62 bits per heavy atom. The van der Waals surface area contributed by atoms with Crippen molar-refractivity contribution in [2.45, 2.75) is 12.1 Å². The van der Waals surface area contributed by atoms with Crippen LogP contribution in [0.15, 0.2) is 77.8 Å². The Balaban J connectivity index is 1.38. The molecule has 0 bridgehead atoms. The number of fused-ring (bicyclic) bond motifs is 3. The van der Waals surface area contributed by atoms with E-state index < -0.39 is 12.0 Å². The maximum absolute atomic E-state index is 13.6. The number of aromatic carboxylic acids is 1. The second-order valence-electron chi connectivity index (χ2n) is 9.12. The van der Waals surface area contributed by atoms with Crippen LogP contribution in [0.5, 0.6) is 11.5 Å². The maximum atomic E-state index is 13.6. The van der Waals surface area contributed by atoms with Gasteiger partial charge in [0.25, 0.3) is 0 Å². The predicted molar refractivity (Wildman–Crippen MR) is 136 cm³/mol. The van der Waals surface area contributed by atoms with Crippen LogP contribution in [-0.4, -0.2) is 48.0 Å². The predicted octanol–water partition coefficient (Wildman–Crippen LogP) is 4.80. The number of carbonyl (C=O) groups excluding carboxylic acids is 1. The van der Waals surface area contributed by atoms with E-state index in [1.165, 1.54) is 18.2 Å². The number of aliphatic imine (C=N–C) groups is 1. The summed E-state index contributed by atoms with van der Waals surface area (Å²) in [5.41, 5.74) is 4.53. The Morgan fingerprint density at radius 1 is 1.05 bits per heavy atom. The molecule has 3 aromatic rings. The molecule has 3 aliphatic heterocycles. The van der Waals surface area contributed by atoms with Gasteiger partial charge < -0.3 is 24.2 Å². The summed E-state index contributed by atoms with van der Waals surface area (Å²) in [7, 11) is 1.69. The topological polar surface area (TPSA) is 97.7 Å². The van der Waals surface area contributed by atoms with E-state index in [4.69, 9.17) is 24.3 Å². The van der Waals surface area contributed by atoms with Crippen molar-refractivity contribution in [3.05, 3.63) is 95.1 Å². The number of likely N-dealkylation sites (tertiary alicyclic amines) is 1. The second-order valence-corrected chi connectivity index (χ2v) is 9.12. The first-order valence-corrected chi connectivity index (χ1v) is 12.0. The molecule has 0 radical (unpaired) electrons. The summed E-state index contributed by atoms with van der Waals surface area (Å²) in [4.78, 5) is 31.6. The molecule has 3 aromatic carbocycles. The number of methoxy groups -OCH3 is 1. The largest absolute Gasteiger partial charge is 0.478 e. The average Bonchev–Trinajstić information content (AvgIpc) is 3.54. The monoisotopic (exact) mass is 496 g/mol. The molecule has 0 aromatic heterocycles. The summed E-state index contributed by atoms with van der Waals surface area (Å²) < 4.78 is 17.1. The fraction of sp³-hybridized carbons (Fsp3) is 0.207. The molecule has 3 atom stereocenters. The molecule has 1 saturated heterocycles. The molecular weight excluding hydrogens is 472 g/mol. The number of hydrogen-bond acceptors (Lipinski definition) is 6. The Morgan fingerprint density at radius 2 is 1.84 bits per heavy atom. The third-order valence-electron chi connectivity index (χ3n) is 7.05. The number of nitrogens with zero attached hydrogens (tertiary/aromatic N) is 2. The van der Waals surface area contributed by atoms with Gasteiger partial charge in [0.2, 0.25) is 12.7 Å². The minimum atomic E-state index is -0.993. The lowest BCUT2D eigenvalue weighted by Crippen LogP contribution is -2.30. The zero-order valence-corrected chi connectivity index (χ0v) is 20.0. The lowest BCUT2D eigenvalue weighted by atomic mass is 9.86. The number of carboxylic acids is 1. The number of carboxylic acid groups (broad SMARTS) is 1. The zero-order valence-electron chi connectivity index (χ0n) is 20.0. The van der Waals surface area contributed by atoms with E-state index in [0.29, 0.717) is 18.0 Å². The second kappa shape index (κ2) is 9.22. The Bertz CT molecular complexity index is 1450. The van der Waals surface area contributed by atoms with E-state index >= 15 is 0 Å². The zero-order chi connectivity index (χ0) is 25.5. The molecule has 1 amide bonds. The number of hydrogen-bond donors (Lipinski definition) is 1. The first-order valence-electron chi connectivity index (χ1n) is 12.0. The van der Waals surface area contributed by atoms with Crippen LogP contribution in [0, 0.1) is 5.92 Å². The van der Waals surface area contributed by atoms with Gasteiger partial charge in [-0.3, -0.25) is 9.79 Å². The fourth-order valence-corrected chi connectivity index (χ4v) is 5.30. The quantitative estimate of drug-likeness (QED) is 0.510. The van der Waals surface area contributed by atoms with Crippen LogP contribution >= 0.6 is 0 Å². The van der Waals surface area contributed by atoms with E-state index in [9.17, 15) is 9.59 Å². The highest BCUT2D eigenvalue weighted by Gasteiger charge is 2.47. The summed E-state index contributed by atoms with van der Waals surface area (Å²) in [6.07, 6.45) is 2.98. The molecule has 0 saturated carbocycles. The van der Waals surface area contributed by atoms with Gasteiger partial charge in [0.1, 0.15) is 0 Å². The van der Waals surface area contributed by atoms with Gasteiger partial charge >= 0.3 is 5.97 Å². The van der Waals surface area contributed by atoms with Crippen molar-refractivity contribution in [2.75, 3.05) is 20.4 Å². The van der Waals surface area contributed by atoms with Crippen molar-refractivity contribution in [1.82, 2.24) is 4.90 Å². The molecular formula is C29H24N2O6. The summed E-state index contributed by atoms with van der Waals surface area (Å²) in [6.45, 7) is 0.601. The molecule has 8 nitrogen and oxygen atoms in total. The van der Waals surface area contributed by atoms with Gasteiger partial charge in [-0.05, 0) is 47.5 Å². The lowest BCUT2D eigenvalue weighted by Gasteiger charge is -2.28.